The Kier molecular flexibility index (Phi) is 2.45. The molecular weight excluding hydrogens is 284 g/mol. The van der Waals surface area contributed by atoms with Crippen LogP contribution in [0.15, 0.2) is 28.7 Å². The molecule has 5 nitrogen and oxygen atoms in total. The normalized spacial score (nSPS) is 34.4. The van der Waals surface area contributed by atoms with Crippen LogP contribution >= 0.6 is 11.3 Å². The number of amidine groups is 1. The number of fused-ring (bicyclic) bond motifs is 3. The molecule has 1 aromatic carbocycles. The molecule has 0 amide bonds. The third kappa shape index (κ3) is 1.76. The summed E-state index contributed by atoms with van der Waals surface area (Å²) in [6.07, 6.45) is 2.37. The quantitative estimate of drug-likeness (QED) is 0.875. The van der Waals surface area contributed by atoms with Gasteiger partial charge < -0.3 is 0 Å². The number of benzene rings is 1. The number of piperidine rings is 3. The summed E-state index contributed by atoms with van der Waals surface area (Å²) in [5.41, 5.74) is 6.66. The van der Waals surface area contributed by atoms with Gasteiger partial charge in [-0.1, -0.05) is 0 Å². The minimum absolute atomic E-state index is 0.372. The molecule has 3 saturated heterocycles. The van der Waals surface area contributed by atoms with E-state index in [9.17, 15) is 0 Å². The number of hydrogen-bond acceptors (Lipinski definition) is 6. The van der Waals surface area contributed by atoms with E-state index in [0.717, 1.165) is 23.5 Å². The van der Waals surface area contributed by atoms with Crippen LogP contribution in [-0.4, -0.2) is 41.1 Å². The highest BCUT2D eigenvalue weighted by atomic mass is 32.1. The third-order valence-electron chi connectivity index (χ3n) is 4.90. The predicted octanol–water partition coefficient (Wildman–Crippen LogP) is 2.00. The maximum Gasteiger partial charge on any atom is 0.202 e. The van der Waals surface area contributed by atoms with Gasteiger partial charge in [0.25, 0.3) is 0 Å². The topological polar surface area (TPSA) is 49.8 Å². The highest BCUT2D eigenvalue weighted by Gasteiger charge is 2.51. The van der Waals surface area contributed by atoms with Crippen LogP contribution in [0, 0.1) is 5.92 Å². The van der Waals surface area contributed by atoms with Crippen molar-refractivity contribution >= 4 is 27.4 Å². The minimum Gasteiger partial charge on any atom is -0.298 e. The Balaban J connectivity index is 1.53. The van der Waals surface area contributed by atoms with Gasteiger partial charge in [0.2, 0.25) is 5.72 Å². The van der Waals surface area contributed by atoms with Crippen LogP contribution in [0.4, 0.5) is 0 Å². The Morgan fingerprint density at radius 3 is 3.05 bits per heavy atom. The first-order valence-corrected chi connectivity index (χ1v) is 8.30. The van der Waals surface area contributed by atoms with Gasteiger partial charge in [0, 0.05) is 11.5 Å². The number of hydrogen-bond donors (Lipinski definition) is 1. The first-order valence-electron chi connectivity index (χ1n) is 7.42. The lowest BCUT2D eigenvalue weighted by molar-refractivity contribution is -0.155. The second-order valence-corrected chi connectivity index (χ2v) is 6.98. The van der Waals surface area contributed by atoms with Gasteiger partial charge in [-0.15, -0.1) is 11.3 Å². The number of nitrogens with zero attached hydrogens (tertiary/aromatic N) is 3. The lowest BCUT2D eigenvalue weighted by Gasteiger charge is -2.47. The molecule has 5 heterocycles. The molecule has 4 aliphatic rings. The molecule has 0 radical (unpaired) electrons. The van der Waals surface area contributed by atoms with Crippen LogP contribution in [0.3, 0.4) is 0 Å². The molecule has 21 heavy (non-hydrogen) atoms. The zero-order valence-electron chi connectivity index (χ0n) is 11.6. The van der Waals surface area contributed by atoms with E-state index in [1.807, 2.05) is 5.51 Å². The molecule has 2 aromatic rings. The second kappa shape index (κ2) is 4.25. The molecule has 6 rings (SSSR count). The third-order valence-corrected chi connectivity index (χ3v) is 5.71. The first-order chi connectivity index (χ1) is 10.3. The zero-order valence-corrected chi connectivity index (χ0v) is 12.4. The number of nitrogens with one attached hydrogen (secondary N) is 1. The summed E-state index contributed by atoms with van der Waals surface area (Å²) in [7, 11) is 0. The zero-order chi connectivity index (χ0) is 13.9. The molecule has 1 atom stereocenters. The van der Waals surface area contributed by atoms with Crippen molar-refractivity contribution < 1.29 is 4.84 Å². The number of aliphatic imine (C=N–C) groups is 1. The van der Waals surface area contributed by atoms with Crippen molar-refractivity contribution in [3.8, 4) is 0 Å². The molecule has 3 fully saturated rings. The van der Waals surface area contributed by atoms with Crippen molar-refractivity contribution in [1.82, 2.24) is 15.4 Å². The maximum atomic E-state index is 5.96. The monoisotopic (exact) mass is 300 g/mol. The summed E-state index contributed by atoms with van der Waals surface area (Å²) in [6.45, 7) is 3.28. The summed E-state index contributed by atoms with van der Waals surface area (Å²) in [5.74, 6) is 1.38. The second-order valence-electron chi connectivity index (χ2n) is 6.09. The van der Waals surface area contributed by atoms with E-state index in [4.69, 9.17) is 9.83 Å². The fraction of sp³-hybridized carbons (Fsp3) is 0.467. The van der Waals surface area contributed by atoms with Crippen molar-refractivity contribution in [1.29, 1.82) is 0 Å². The molecular formula is C15H16N4OS. The molecule has 2 bridgehead atoms. The van der Waals surface area contributed by atoms with E-state index in [1.54, 1.807) is 11.3 Å². The lowest BCUT2D eigenvalue weighted by atomic mass is 9.81. The van der Waals surface area contributed by atoms with Crippen molar-refractivity contribution in [2.75, 3.05) is 19.6 Å². The van der Waals surface area contributed by atoms with E-state index in [1.165, 1.54) is 30.6 Å². The number of rotatable bonds is 1. The molecule has 4 aliphatic heterocycles. The number of hydroxylamine groups is 1. The standard InChI is InChI=1S/C15H16N4OS/c1-2-13-12(16-9-21-13)7-10(1)14-17-15(20-18-14)8-19-5-3-11(15)4-6-19/h1-2,7,9,11H,3-6,8H2,(H,17,18)/t15-/m1/s1. The summed E-state index contributed by atoms with van der Waals surface area (Å²) in [5, 5.41) is 0. The highest BCUT2D eigenvalue weighted by Crippen LogP contribution is 2.41. The van der Waals surface area contributed by atoms with E-state index in [2.05, 4.69) is 33.6 Å². The average molecular weight is 300 g/mol. The molecule has 0 aliphatic carbocycles. The van der Waals surface area contributed by atoms with Gasteiger partial charge >= 0.3 is 0 Å². The summed E-state index contributed by atoms with van der Waals surface area (Å²) < 4.78 is 1.20. The predicted molar refractivity (Wildman–Crippen MR) is 82.3 cm³/mol. The summed E-state index contributed by atoms with van der Waals surface area (Å²) in [6, 6.07) is 6.28. The molecule has 1 spiro atoms. The van der Waals surface area contributed by atoms with Crippen LogP contribution in [0.25, 0.3) is 10.2 Å². The minimum atomic E-state index is -0.372. The average Bonchev–Trinajstić information content (AvgIpc) is 3.15. The van der Waals surface area contributed by atoms with E-state index < -0.39 is 0 Å². The van der Waals surface area contributed by atoms with Crippen LogP contribution < -0.4 is 5.48 Å². The van der Waals surface area contributed by atoms with Gasteiger partial charge in [0.05, 0.1) is 22.3 Å². The Hall–Kier alpha value is -1.50. The van der Waals surface area contributed by atoms with Crippen LogP contribution in [0.5, 0.6) is 0 Å². The van der Waals surface area contributed by atoms with Gasteiger partial charge in [-0.05, 0) is 44.1 Å². The van der Waals surface area contributed by atoms with Gasteiger partial charge in [-0.3, -0.25) is 4.90 Å². The van der Waals surface area contributed by atoms with Gasteiger partial charge in [0.15, 0.2) is 5.84 Å². The van der Waals surface area contributed by atoms with Gasteiger partial charge in [-0.2, -0.15) is 0 Å². The van der Waals surface area contributed by atoms with Gasteiger partial charge in [0.1, 0.15) is 0 Å². The Morgan fingerprint density at radius 2 is 2.24 bits per heavy atom. The SMILES string of the molecule is c1nc2cc(C3=N[C@]4(CN5CCC4CC5)ON3)ccc2s1. The van der Waals surface area contributed by atoms with Crippen LogP contribution in [0.2, 0.25) is 0 Å². The molecule has 1 N–H and O–H groups in total. The summed E-state index contributed by atoms with van der Waals surface area (Å²) in [4.78, 5) is 17.7. The Morgan fingerprint density at radius 1 is 1.33 bits per heavy atom. The largest absolute Gasteiger partial charge is 0.298 e. The van der Waals surface area contributed by atoms with E-state index in [0.29, 0.717) is 5.92 Å². The van der Waals surface area contributed by atoms with E-state index in [-0.39, 0.29) is 5.72 Å². The lowest BCUT2D eigenvalue weighted by Crippen LogP contribution is -2.58. The summed E-state index contributed by atoms with van der Waals surface area (Å²) >= 11 is 1.66. The fourth-order valence-corrected chi connectivity index (χ4v) is 4.39. The Bertz CT molecular complexity index is 734. The van der Waals surface area contributed by atoms with Crippen molar-refractivity contribution in [3.05, 3.63) is 29.3 Å². The smallest absolute Gasteiger partial charge is 0.202 e. The molecule has 108 valence electrons. The molecule has 1 aromatic heterocycles. The Labute approximate surface area is 126 Å². The van der Waals surface area contributed by atoms with Crippen molar-refractivity contribution in [3.63, 3.8) is 0 Å². The van der Waals surface area contributed by atoms with Gasteiger partial charge in [-0.25, -0.2) is 20.3 Å². The van der Waals surface area contributed by atoms with Crippen molar-refractivity contribution in [2.45, 2.75) is 18.6 Å². The fourth-order valence-electron chi connectivity index (χ4n) is 3.73. The maximum absolute atomic E-state index is 5.96. The number of thiazole rings is 1. The molecule has 0 unspecified atom stereocenters. The molecule has 0 saturated carbocycles. The van der Waals surface area contributed by atoms with Crippen LogP contribution in [0.1, 0.15) is 18.4 Å². The van der Waals surface area contributed by atoms with Crippen molar-refractivity contribution in [2.24, 2.45) is 10.9 Å². The van der Waals surface area contributed by atoms with E-state index >= 15 is 0 Å². The number of aromatic nitrogens is 1. The molecule has 6 heteroatoms. The van der Waals surface area contributed by atoms with Crippen LogP contribution in [-0.2, 0) is 4.84 Å². The first kappa shape index (κ1) is 12.1. The highest BCUT2D eigenvalue weighted by molar-refractivity contribution is 7.16.